The van der Waals surface area contributed by atoms with E-state index in [0.29, 0.717) is 0 Å². The molecule has 1 heterocycles. The highest BCUT2D eigenvalue weighted by Crippen LogP contribution is 2.28. The van der Waals surface area contributed by atoms with Crippen molar-refractivity contribution >= 4 is 27.6 Å². The lowest BCUT2D eigenvalue weighted by molar-refractivity contribution is -0.118. The average Bonchev–Trinajstić information content (AvgIpc) is 2.78. The number of carbonyl (C=O) groups excluding carboxylic acids is 1. The number of nitrogens with zero attached hydrogens (tertiary/aromatic N) is 1. The zero-order chi connectivity index (χ0) is 15.0. The molecule has 3 nitrogen and oxygen atoms in total. The van der Waals surface area contributed by atoms with Gasteiger partial charge in [-0.3, -0.25) is 4.79 Å². The molecule has 1 unspecified atom stereocenters. The Bertz CT molecular complexity index is 817. The number of Topliss-reactive ketones (excluding diaryl/α,β-unsaturated/α-hetero) is 1. The van der Waals surface area contributed by atoms with Crippen molar-refractivity contribution in [2.24, 2.45) is 7.05 Å². The highest BCUT2D eigenvalue weighted by molar-refractivity contribution is 6.08. The van der Waals surface area contributed by atoms with E-state index < -0.39 is 0 Å². The van der Waals surface area contributed by atoms with Crippen molar-refractivity contribution in [1.29, 1.82) is 0 Å². The van der Waals surface area contributed by atoms with Gasteiger partial charge in [-0.1, -0.05) is 24.3 Å². The molecule has 0 aliphatic carbocycles. The molecular weight excluding hydrogens is 260 g/mol. The predicted octanol–water partition coefficient (Wildman–Crippen LogP) is 3.05. The first kappa shape index (κ1) is 13.8. The molecule has 21 heavy (non-hydrogen) atoms. The van der Waals surface area contributed by atoms with Crippen LogP contribution in [0.25, 0.3) is 21.8 Å². The number of benzene rings is 2. The van der Waals surface area contributed by atoms with Crippen LogP contribution in [0.15, 0.2) is 42.5 Å². The first-order valence-corrected chi connectivity index (χ1v) is 7.25. The van der Waals surface area contributed by atoms with Crippen LogP contribution in [0.2, 0.25) is 0 Å². The number of likely N-dealkylation sites (N-methyl/N-ethyl adjacent to an activating group) is 1. The van der Waals surface area contributed by atoms with E-state index in [1.807, 2.05) is 7.05 Å². The molecule has 0 aliphatic heterocycles. The quantitative estimate of drug-likeness (QED) is 0.797. The first-order chi connectivity index (χ1) is 10.1. The van der Waals surface area contributed by atoms with Crippen molar-refractivity contribution in [3.63, 3.8) is 0 Å². The van der Waals surface area contributed by atoms with Gasteiger partial charge in [-0.15, -0.1) is 0 Å². The van der Waals surface area contributed by atoms with E-state index in [-0.39, 0.29) is 11.8 Å². The average molecular weight is 280 g/mol. The fourth-order valence-electron chi connectivity index (χ4n) is 3.03. The fourth-order valence-corrected chi connectivity index (χ4v) is 3.03. The summed E-state index contributed by atoms with van der Waals surface area (Å²) in [7, 11) is 3.93. The van der Waals surface area contributed by atoms with Gasteiger partial charge in [0.05, 0.1) is 6.04 Å². The molecule has 108 valence electrons. The number of aryl methyl sites for hydroxylation is 1. The van der Waals surface area contributed by atoms with Crippen molar-refractivity contribution in [3.8, 4) is 0 Å². The van der Waals surface area contributed by atoms with E-state index >= 15 is 0 Å². The van der Waals surface area contributed by atoms with Gasteiger partial charge in [0.2, 0.25) is 0 Å². The van der Waals surface area contributed by atoms with Gasteiger partial charge < -0.3 is 9.88 Å². The summed E-state index contributed by atoms with van der Waals surface area (Å²) < 4.78 is 2.22. The topological polar surface area (TPSA) is 34.0 Å². The Morgan fingerprint density at radius 2 is 1.86 bits per heavy atom. The number of hydrogen-bond donors (Lipinski definition) is 1. The molecule has 1 N–H and O–H groups in total. The SMILES string of the molecule is CNC(Cc1ccc2c(c1)c1ccccc1n2C)C(C)=O. The van der Waals surface area contributed by atoms with Crippen LogP contribution in [0.1, 0.15) is 12.5 Å². The molecule has 0 aliphatic rings. The van der Waals surface area contributed by atoms with Gasteiger partial charge in [0, 0.05) is 28.9 Å². The Hall–Kier alpha value is -2.13. The van der Waals surface area contributed by atoms with Gasteiger partial charge in [0.1, 0.15) is 5.78 Å². The van der Waals surface area contributed by atoms with Gasteiger partial charge in [0.15, 0.2) is 0 Å². The second kappa shape index (κ2) is 5.34. The summed E-state index contributed by atoms with van der Waals surface area (Å²) in [5.41, 5.74) is 3.65. The molecule has 0 saturated carbocycles. The zero-order valence-corrected chi connectivity index (χ0v) is 12.7. The lowest BCUT2D eigenvalue weighted by Gasteiger charge is -2.12. The van der Waals surface area contributed by atoms with Crippen LogP contribution in [0, 0.1) is 0 Å². The molecule has 0 amide bonds. The van der Waals surface area contributed by atoms with Crippen LogP contribution in [0.4, 0.5) is 0 Å². The highest BCUT2D eigenvalue weighted by atomic mass is 16.1. The number of fused-ring (bicyclic) bond motifs is 3. The summed E-state index contributed by atoms with van der Waals surface area (Å²) in [5.74, 6) is 0.176. The van der Waals surface area contributed by atoms with Crippen molar-refractivity contribution in [3.05, 3.63) is 48.0 Å². The van der Waals surface area contributed by atoms with Crippen molar-refractivity contribution in [2.75, 3.05) is 7.05 Å². The van der Waals surface area contributed by atoms with Crippen molar-refractivity contribution in [2.45, 2.75) is 19.4 Å². The van der Waals surface area contributed by atoms with Gasteiger partial charge in [-0.25, -0.2) is 0 Å². The smallest absolute Gasteiger partial charge is 0.147 e. The van der Waals surface area contributed by atoms with Crippen molar-refractivity contribution in [1.82, 2.24) is 9.88 Å². The van der Waals surface area contributed by atoms with E-state index in [1.54, 1.807) is 6.92 Å². The Morgan fingerprint density at radius 1 is 1.14 bits per heavy atom. The van der Waals surface area contributed by atoms with Gasteiger partial charge in [0.25, 0.3) is 0 Å². The van der Waals surface area contributed by atoms with Crippen LogP contribution in [-0.2, 0) is 18.3 Å². The van der Waals surface area contributed by atoms with Gasteiger partial charge in [-0.2, -0.15) is 0 Å². The van der Waals surface area contributed by atoms with Gasteiger partial charge in [-0.05, 0) is 44.2 Å². The van der Waals surface area contributed by atoms with Crippen LogP contribution >= 0.6 is 0 Å². The third-order valence-electron chi connectivity index (χ3n) is 4.26. The maximum absolute atomic E-state index is 11.6. The molecule has 1 atom stereocenters. The molecule has 3 aromatic rings. The second-order valence-electron chi connectivity index (χ2n) is 5.58. The molecule has 0 bridgehead atoms. The van der Waals surface area contributed by atoms with Crippen molar-refractivity contribution < 1.29 is 4.79 Å². The summed E-state index contributed by atoms with van der Waals surface area (Å²) in [6.07, 6.45) is 0.727. The molecular formula is C18H20N2O. The molecule has 0 radical (unpaired) electrons. The first-order valence-electron chi connectivity index (χ1n) is 7.25. The third-order valence-corrected chi connectivity index (χ3v) is 4.26. The Kier molecular flexibility index (Phi) is 3.52. The minimum Gasteiger partial charge on any atom is -0.344 e. The molecule has 3 heteroatoms. The molecule has 1 aromatic heterocycles. The normalized spacial score (nSPS) is 12.9. The monoisotopic (exact) mass is 280 g/mol. The van der Waals surface area contributed by atoms with E-state index in [2.05, 4.69) is 59.4 Å². The van der Waals surface area contributed by atoms with E-state index in [4.69, 9.17) is 0 Å². The summed E-state index contributed by atoms with van der Waals surface area (Å²) in [6.45, 7) is 1.64. The Morgan fingerprint density at radius 3 is 2.57 bits per heavy atom. The molecule has 2 aromatic carbocycles. The fraction of sp³-hybridized carbons (Fsp3) is 0.278. The minimum atomic E-state index is -0.113. The van der Waals surface area contributed by atoms with Crippen LogP contribution < -0.4 is 5.32 Å². The third kappa shape index (κ3) is 2.34. The van der Waals surface area contributed by atoms with E-state index in [1.165, 1.54) is 27.4 Å². The lowest BCUT2D eigenvalue weighted by atomic mass is 10.0. The number of aromatic nitrogens is 1. The number of carbonyl (C=O) groups is 1. The van der Waals surface area contributed by atoms with E-state index in [0.717, 1.165) is 6.42 Å². The van der Waals surface area contributed by atoms with Crippen LogP contribution in [-0.4, -0.2) is 23.4 Å². The summed E-state index contributed by atoms with van der Waals surface area (Å²) in [4.78, 5) is 11.6. The lowest BCUT2D eigenvalue weighted by Crippen LogP contribution is -2.34. The number of hydrogen-bond acceptors (Lipinski definition) is 2. The predicted molar refractivity (Wildman–Crippen MR) is 87.7 cm³/mol. The number of nitrogens with one attached hydrogen (secondary N) is 1. The molecule has 0 saturated heterocycles. The van der Waals surface area contributed by atoms with Crippen LogP contribution in [0.3, 0.4) is 0 Å². The Balaban J connectivity index is 2.11. The number of para-hydroxylation sites is 1. The van der Waals surface area contributed by atoms with Crippen LogP contribution in [0.5, 0.6) is 0 Å². The summed E-state index contributed by atoms with van der Waals surface area (Å²) >= 11 is 0. The van der Waals surface area contributed by atoms with Gasteiger partial charge >= 0.3 is 0 Å². The largest absolute Gasteiger partial charge is 0.344 e. The zero-order valence-electron chi connectivity index (χ0n) is 12.7. The molecule has 0 spiro atoms. The molecule has 0 fully saturated rings. The summed E-state index contributed by atoms with van der Waals surface area (Å²) in [6, 6.07) is 14.8. The minimum absolute atomic E-state index is 0.113. The number of rotatable bonds is 4. The summed E-state index contributed by atoms with van der Waals surface area (Å²) in [5, 5.41) is 5.60. The number of ketones is 1. The molecule has 3 rings (SSSR count). The Labute approximate surface area is 124 Å². The second-order valence-corrected chi connectivity index (χ2v) is 5.58. The highest BCUT2D eigenvalue weighted by Gasteiger charge is 2.14. The van der Waals surface area contributed by atoms with E-state index in [9.17, 15) is 4.79 Å². The standard InChI is InChI=1S/C18H20N2O/c1-12(21)16(19-2)11-13-8-9-18-15(10-13)14-6-4-5-7-17(14)20(18)3/h4-10,16,19H,11H2,1-3H3. The maximum Gasteiger partial charge on any atom is 0.147 e. The maximum atomic E-state index is 11.6.